The van der Waals surface area contributed by atoms with Crippen LogP contribution in [0, 0.1) is 0 Å². The second-order valence-corrected chi connectivity index (χ2v) is 5.25. The number of carboxylic acid groups (broad SMARTS) is 1. The van der Waals surface area contributed by atoms with Crippen LogP contribution in [0.3, 0.4) is 0 Å². The summed E-state index contributed by atoms with van der Waals surface area (Å²) in [5.41, 5.74) is -0.303. The first kappa shape index (κ1) is 14.8. The van der Waals surface area contributed by atoms with Gasteiger partial charge >= 0.3 is 17.9 Å². The second kappa shape index (κ2) is 4.68. The summed E-state index contributed by atoms with van der Waals surface area (Å²) < 4.78 is 51.8. The van der Waals surface area contributed by atoms with Gasteiger partial charge in [0.1, 0.15) is 5.92 Å². The summed E-state index contributed by atoms with van der Waals surface area (Å²) in [6.45, 7) is 1.22. The molecule has 1 amide bonds. The maximum Gasteiger partial charge on any atom is 0.407 e. The van der Waals surface area contributed by atoms with Gasteiger partial charge in [-0.2, -0.15) is 17.6 Å². The highest BCUT2D eigenvalue weighted by molar-refractivity contribution is 5.65. The molecular weight excluding hydrogens is 308 g/mol. The van der Waals surface area contributed by atoms with Gasteiger partial charge in [-0.15, -0.1) is 0 Å². The highest BCUT2D eigenvalue weighted by Crippen LogP contribution is 2.67. The maximum absolute atomic E-state index is 13.0. The third-order valence-electron chi connectivity index (χ3n) is 3.91. The molecule has 2 fully saturated rings. The van der Waals surface area contributed by atoms with Gasteiger partial charge in [-0.05, 0) is 0 Å². The molecule has 0 bridgehead atoms. The SMILES string of the molecule is O=C(O)N1CCN(c2ncc(C3C(F)(F)C3(F)F)cn2)CC1. The fourth-order valence-corrected chi connectivity index (χ4v) is 2.50. The van der Waals surface area contributed by atoms with Gasteiger partial charge in [-0.25, -0.2) is 14.8 Å². The van der Waals surface area contributed by atoms with Crippen LogP contribution in [-0.4, -0.2) is 64.1 Å². The van der Waals surface area contributed by atoms with Crippen molar-refractivity contribution in [2.24, 2.45) is 0 Å². The molecule has 0 radical (unpaired) electrons. The van der Waals surface area contributed by atoms with Crippen LogP contribution in [0.15, 0.2) is 12.4 Å². The molecule has 10 heteroatoms. The number of halogens is 4. The van der Waals surface area contributed by atoms with Crippen LogP contribution in [0.2, 0.25) is 0 Å². The van der Waals surface area contributed by atoms with Gasteiger partial charge in [0, 0.05) is 44.1 Å². The molecule has 1 saturated heterocycles. The Morgan fingerprint density at radius 3 is 2.00 bits per heavy atom. The highest BCUT2D eigenvalue weighted by Gasteiger charge is 2.85. The van der Waals surface area contributed by atoms with Crippen molar-refractivity contribution in [3.8, 4) is 0 Å². The monoisotopic (exact) mass is 320 g/mol. The molecule has 0 atom stereocenters. The lowest BCUT2D eigenvalue weighted by atomic mass is 10.2. The summed E-state index contributed by atoms with van der Waals surface area (Å²) >= 11 is 0. The summed E-state index contributed by atoms with van der Waals surface area (Å²) in [5, 5.41) is 8.83. The van der Waals surface area contributed by atoms with Crippen molar-refractivity contribution in [3.63, 3.8) is 0 Å². The van der Waals surface area contributed by atoms with E-state index >= 15 is 0 Å². The van der Waals surface area contributed by atoms with Gasteiger partial charge in [0.05, 0.1) is 0 Å². The van der Waals surface area contributed by atoms with Crippen molar-refractivity contribution in [1.82, 2.24) is 14.9 Å². The molecule has 0 aromatic carbocycles. The van der Waals surface area contributed by atoms with E-state index in [0.717, 1.165) is 12.4 Å². The summed E-state index contributed by atoms with van der Waals surface area (Å²) in [7, 11) is 0. The van der Waals surface area contributed by atoms with Gasteiger partial charge < -0.3 is 14.9 Å². The number of alkyl halides is 4. The van der Waals surface area contributed by atoms with E-state index in [2.05, 4.69) is 9.97 Å². The molecule has 1 aromatic heterocycles. The van der Waals surface area contributed by atoms with E-state index in [0.29, 0.717) is 13.1 Å². The number of nitrogens with zero attached hydrogens (tertiary/aromatic N) is 4. The summed E-state index contributed by atoms with van der Waals surface area (Å²) in [6.07, 6.45) is 0.936. The van der Waals surface area contributed by atoms with Crippen molar-refractivity contribution in [2.45, 2.75) is 17.8 Å². The molecule has 3 rings (SSSR count). The molecule has 1 aliphatic carbocycles. The van der Waals surface area contributed by atoms with E-state index in [9.17, 15) is 22.4 Å². The van der Waals surface area contributed by atoms with Crippen LogP contribution in [0.5, 0.6) is 0 Å². The lowest BCUT2D eigenvalue weighted by Crippen LogP contribution is -2.48. The van der Waals surface area contributed by atoms with E-state index in [1.807, 2.05) is 0 Å². The minimum absolute atomic E-state index is 0.209. The second-order valence-electron chi connectivity index (χ2n) is 5.25. The number of anilines is 1. The standard InChI is InChI=1S/C12H12F4N4O2/c13-11(14)8(12(11,15)16)7-5-17-9(18-6-7)19-1-3-20(4-2-19)10(21)22/h5-6,8H,1-4H2,(H,21,22). The minimum Gasteiger partial charge on any atom is -0.465 e. The lowest BCUT2D eigenvalue weighted by Gasteiger charge is -2.33. The van der Waals surface area contributed by atoms with Crippen molar-refractivity contribution < 1.29 is 27.5 Å². The Morgan fingerprint density at radius 2 is 1.59 bits per heavy atom. The normalized spacial score (nSPS) is 23.5. The summed E-state index contributed by atoms with van der Waals surface area (Å²) in [6, 6.07) is 0. The molecule has 1 N–H and O–H groups in total. The Labute approximate surface area is 122 Å². The third-order valence-corrected chi connectivity index (χ3v) is 3.91. The number of hydrogen-bond donors (Lipinski definition) is 1. The Balaban J connectivity index is 1.68. The van der Waals surface area contributed by atoms with Gasteiger partial charge in [0.2, 0.25) is 5.95 Å². The zero-order chi connectivity index (χ0) is 16.1. The number of rotatable bonds is 2. The lowest BCUT2D eigenvalue weighted by molar-refractivity contribution is -0.0278. The molecule has 0 unspecified atom stereocenters. The van der Waals surface area contributed by atoms with E-state index in [4.69, 9.17) is 5.11 Å². The van der Waals surface area contributed by atoms with Crippen molar-refractivity contribution in [1.29, 1.82) is 0 Å². The Bertz CT molecular complexity index is 573. The summed E-state index contributed by atoms with van der Waals surface area (Å²) in [5.74, 6) is -10.1. The number of carbonyl (C=O) groups is 1. The fraction of sp³-hybridized carbons (Fsp3) is 0.583. The zero-order valence-corrected chi connectivity index (χ0v) is 11.2. The fourth-order valence-electron chi connectivity index (χ4n) is 2.50. The molecule has 6 nitrogen and oxygen atoms in total. The molecule has 120 valence electrons. The first-order chi connectivity index (χ1) is 10.2. The molecular formula is C12H12F4N4O2. The Morgan fingerprint density at radius 1 is 1.09 bits per heavy atom. The third kappa shape index (κ3) is 2.13. The van der Waals surface area contributed by atoms with Crippen molar-refractivity contribution in [2.75, 3.05) is 31.1 Å². The van der Waals surface area contributed by atoms with Crippen LogP contribution in [-0.2, 0) is 0 Å². The highest BCUT2D eigenvalue weighted by atomic mass is 19.3. The average Bonchev–Trinajstić information content (AvgIpc) is 2.89. The smallest absolute Gasteiger partial charge is 0.407 e. The molecule has 1 aromatic rings. The van der Waals surface area contributed by atoms with Gasteiger partial charge in [-0.3, -0.25) is 0 Å². The van der Waals surface area contributed by atoms with E-state index < -0.39 is 23.9 Å². The molecule has 1 aliphatic heterocycles. The van der Waals surface area contributed by atoms with E-state index in [1.165, 1.54) is 4.90 Å². The summed E-state index contributed by atoms with van der Waals surface area (Å²) in [4.78, 5) is 21.4. The van der Waals surface area contributed by atoms with Gasteiger partial charge in [0.25, 0.3) is 0 Å². The molecule has 0 spiro atoms. The van der Waals surface area contributed by atoms with Crippen LogP contribution in [0.4, 0.5) is 28.3 Å². The first-order valence-corrected chi connectivity index (χ1v) is 6.55. The zero-order valence-electron chi connectivity index (χ0n) is 11.2. The molecule has 22 heavy (non-hydrogen) atoms. The minimum atomic E-state index is -4.05. The number of amides is 1. The Hall–Kier alpha value is -2.13. The predicted octanol–water partition coefficient (Wildman–Crippen LogP) is 1.64. The molecule has 1 saturated carbocycles. The topological polar surface area (TPSA) is 69.6 Å². The van der Waals surface area contributed by atoms with Crippen LogP contribution in [0.1, 0.15) is 11.5 Å². The number of hydrogen-bond acceptors (Lipinski definition) is 4. The average molecular weight is 320 g/mol. The van der Waals surface area contributed by atoms with E-state index in [-0.39, 0.29) is 24.6 Å². The van der Waals surface area contributed by atoms with E-state index in [1.54, 1.807) is 4.90 Å². The van der Waals surface area contributed by atoms with Crippen molar-refractivity contribution >= 4 is 12.0 Å². The first-order valence-electron chi connectivity index (χ1n) is 6.55. The largest absolute Gasteiger partial charge is 0.465 e. The quantitative estimate of drug-likeness (QED) is 0.839. The predicted molar refractivity (Wildman–Crippen MR) is 66.5 cm³/mol. The number of aromatic nitrogens is 2. The van der Waals surface area contributed by atoms with Crippen molar-refractivity contribution in [3.05, 3.63) is 18.0 Å². The molecule has 2 aliphatic rings. The van der Waals surface area contributed by atoms with Crippen LogP contribution >= 0.6 is 0 Å². The van der Waals surface area contributed by atoms with Crippen LogP contribution in [0.25, 0.3) is 0 Å². The maximum atomic E-state index is 13.0. The van der Waals surface area contributed by atoms with Gasteiger partial charge in [-0.1, -0.05) is 0 Å². The Kier molecular flexibility index (Phi) is 3.15. The molecule has 2 heterocycles. The number of piperazine rings is 1. The van der Waals surface area contributed by atoms with Crippen LogP contribution < -0.4 is 4.90 Å². The van der Waals surface area contributed by atoms with Gasteiger partial charge in [0.15, 0.2) is 0 Å².